The van der Waals surface area contributed by atoms with Gasteiger partial charge in [0.1, 0.15) is 11.5 Å². The van der Waals surface area contributed by atoms with Gasteiger partial charge in [-0.2, -0.15) is 5.10 Å². The molecule has 0 aromatic carbocycles. The molecular weight excluding hydrogens is 170 g/mol. The van der Waals surface area contributed by atoms with Crippen molar-refractivity contribution in [2.75, 3.05) is 6.54 Å². The van der Waals surface area contributed by atoms with E-state index in [1.165, 1.54) is 17.8 Å². The van der Waals surface area contributed by atoms with Crippen LogP contribution in [0.15, 0.2) is 12.3 Å². The van der Waals surface area contributed by atoms with E-state index in [-0.39, 0.29) is 18.2 Å². The van der Waals surface area contributed by atoms with Crippen LogP contribution < -0.4 is 5.32 Å². The molecule has 1 amide bonds. The van der Waals surface area contributed by atoms with E-state index in [0.29, 0.717) is 5.69 Å². The Morgan fingerprint density at radius 3 is 2.77 bits per heavy atom. The molecule has 1 aromatic rings. The van der Waals surface area contributed by atoms with Crippen LogP contribution >= 0.6 is 0 Å². The second-order valence-corrected chi connectivity index (χ2v) is 2.72. The van der Waals surface area contributed by atoms with Gasteiger partial charge in [-0.15, -0.1) is 0 Å². The predicted octanol–water partition coefficient (Wildman–Crippen LogP) is -0.261. The van der Waals surface area contributed by atoms with E-state index in [2.05, 4.69) is 10.4 Å². The summed E-state index contributed by atoms with van der Waals surface area (Å²) in [7, 11) is 1.67. The molecule has 0 spiro atoms. The number of nitrogens with one attached hydrogen (secondary N) is 1. The molecule has 5 heteroatoms. The van der Waals surface area contributed by atoms with Gasteiger partial charge >= 0.3 is 0 Å². The third kappa shape index (κ3) is 2.40. The first-order valence-electron chi connectivity index (χ1n) is 3.87. The zero-order chi connectivity index (χ0) is 9.84. The lowest BCUT2D eigenvalue weighted by Gasteiger charge is -2.01. The first kappa shape index (κ1) is 9.44. The molecule has 0 unspecified atom stereocenters. The highest BCUT2D eigenvalue weighted by atomic mass is 16.2. The lowest BCUT2D eigenvalue weighted by atomic mass is 10.3. The standard InChI is InChI=1S/C8H11N3O2/c1-6(12)5-9-8(13)7-3-4-10-11(7)2/h3-4H,5H2,1-2H3,(H,9,13). The van der Waals surface area contributed by atoms with Gasteiger partial charge in [-0.05, 0) is 13.0 Å². The molecular formula is C8H11N3O2. The van der Waals surface area contributed by atoms with Gasteiger partial charge in [-0.1, -0.05) is 0 Å². The smallest absolute Gasteiger partial charge is 0.269 e. The minimum absolute atomic E-state index is 0.0595. The van der Waals surface area contributed by atoms with Crippen LogP contribution in [0.3, 0.4) is 0 Å². The number of aryl methyl sites for hydroxylation is 1. The fraction of sp³-hybridized carbons (Fsp3) is 0.375. The Hall–Kier alpha value is -1.65. The highest BCUT2D eigenvalue weighted by Gasteiger charge is 2.08. The first-order valence-corrected chi connectivity index (χ1v) is 3.87. The Kier molecular flexibility index (Phi) is 2.79. The van der Waals surface area contributed by atoms with Gasteiger partial charge in [-0.25, -0.2) is 0 Å². The average molecular weight is 181 g/mol. The van der Waals surface area contributed by atoms with Crippen LogP contribution in [0.1, 0.15) is 17.4 Å². The molecule has 1 aromatic heterocycles. The Balaban J connectivity index is 2.59. The summed E-state index contributed by atoms with van der Waals surface area (Å²) in [5.74, 6) is -0.356. The summed E-state index contributed by atoms with van der Waals surface area (Å²) in [5, 5.41) is 6.31. The number of Topliss-reactive ketones (excluding diaryl/α,β-unsaturated/α-hetero) is 1. The highest BCUT2D eigenvalue weighted by molar-refractivity contribution is 5.94. The van der Waals surface area contributed by atoms with Crippen molar-refractivity contribution in [2.24, 2.45) is 7.05 Å². The van der Waals surface area contributed by atoms with Crippen molar-refractivity contribution in [2.45, 2.75) is 6.92 Å². The Bertz CT molecular complexity index is 330. The van der Waals surface area contributed by atoms with E-state index in [1.54, 1.807) is 13.1 Å². The molecule has 0 aliphatic heterocycles. The third-order valence-electron chi connectivity index (χ3n) is 1.55. The van der Waals surface area contributed by atoms with E-state index < -0.39 is 0 Å². The number of carbonyl (C=O) groups is 2. The van der Waals surface area contributed by atoms with Crippen LogP contribution in [0.5, 0.6) is 0 Å². The second-order valence-electron chi connectivity index (χ2n) is 2.72. The van der Waals surface area contributed by atoms with Crippen LogP contribution in [-0.2, 0) is 11.8 Å². The number of nitrogens with zero attached hydrogens (tertiary/aromatic N) is 2. The molecule has 0 saturated carbocycles. The van der Waals surface area contributed by atoms with E-state index in [4.69, 9.17) is 0 Å². The molecule has 70 valence electrons. The number of aromatic nitrogens is 2. The number of hydrogen-bond acceptors (Lipinski definition) is 3. The number of amides is 1. The Morgan fingerprint density at radius 2 is 2.31 bits per heavy atom. The van der Waals surface area contributed by atoms with Gasteiger partial charge < -0.3 is 5.32 Å². The van der Waals surface area contributed by atoms with Crippen LogP contribution in [0, 0.1) is 0 Å². The minimum Gasteiger partial charge on any atom is -0.344 e. The highest BCUT2D eigenvalue weighted by Crippen LogP contribution is 1.94. The van der Waals surface area contributed by atoms with Crippen molar-refractivity contribution in [3.8, 4) is 0 Å². The quantitative estimate of drug-likeness (QED) is 0.698. The number of ketones is 1. The Labute approximate surface area is 75.7 Å². The lowest BCUT2D eigenvalue weighted by molar-refractivity contribution is -0.116. The number of rotatable bonds is 3. The van der Waals surface area contributed by atoms with Crippen LogP contribution in [0.2, 0.25) is 0 Å². The Morgan fingerprint density at radius 1 is 1.62 bits per heavy atom. The summed E-state index contributed by atoms with van der Waals surface area (Å²) in [6, 6.07) is 1.59. The predicted molar refractivity (Wildman–Crippen MR) is 46.2 cm³/mol. The molecule has 0 bridgehead atoms. The summed E-state index contributed by atoms with van der Waals surface area (Å²) in [6.07, 6.45) is 1.53. The molecule has 5 nitrogen and oxygen atoms in total. The topological polar surface area (TPSA) is 64.0 Å². The lowest BCUT2D eigenvalue weighted by Crippen LogP contribution is -2.29. The minimum atomic E-state index is -0.282. The molecule has 1 N–H and O–H groups in total. The third-order valence-corrected chi connectivity index (χ3v) is 1.55. The van der Waals surface area contributed by atoms with Gasteiger partial charge in [0.15, 0.2) is 0 Å². The van der Waals surface area contributed by atoms with Crippen LogP contribution in [0.25, 0.3) is 0 Å². The molecule has 13 heavy (non-hydrogen) atoms. The van der Waals surface area contributed by atoms with Gasteiger partial charge in [0, 0.05) is 13.2 Å². The van der Waals surface area contributed by atoms with E-state index in [0.717, 1.165) is 0 Å². The summed E-state index contributed by atoms with van der Waals surface area (Å²) in [4.78, 5) is 21.9. The maximum atomic E-state index is 11.3. The summed E-state index contributed by atoms with van der Waals surface area (Å²) in [6.45, 7) is 1.48. The number of hydrogen-bond donors (Lipinski definition) is 1. The zero-order valence-electron chi connectivity index (χ0n) is 7.57. The molecule has 0 atom stereocenters. The molecule has 1 heterocycles. The fourth-order valence-electron chi connectivity index (χ4n) is 0.892. The molecule has 0 aliphatic rings. The maximum absolute atomic E-state index is 11.3. The molecule has 1 rings (SSSR count). The zero-order valence-corrected chi connectivity index (χ0v) is 7.57. The maximum Gasteiger partial charge on any atom is 0.269 e. The van der Waals surface area contributed by atoms with Crippen LogP contribution in [-0.4, -0.2) is 28.0 Å². The largest absolute Gasteiger partial charge is 0.344 e. The molecule has 0 aliphatic carbocycles. The van der Waals surface area contributed by atoms with Gasteiger partial charge in [-0.3, -0.25) is 14.3 Å². The normalized spacial score (nSPS) is 9.69. The van der Waals surface area contributed by atoms with Crippen molar-refractivity contribution in [1.82, 2.24) is 15.1 Å². The van der Waals surface area contributed by atoms with Gasteiger partial charge in [0.25, 0.3) is 5.91 Å². The van der Waals surface area contributed by atoms with E-state index >= 15 is 0 Å². The number of carbonyl (C=O) groups excluding carboxylic acids is 2. The van der Waals surface area contributed by atoms with Crippen molar-refractivity contribution in [3.63, 3.8) is 0 Å². The SMILES string of the molecule is CC(=O)CNC(=O)c1ccnn1C. The van der Waals surface area contributed by atoms with E-state index in [1.807, 2.05) is 0 Å². The molecule has 0 radical (unpaired) electrons. The average Bonchev–Trinajstić information content (AvgIpc) is 2.47. The second kappa shape index (κ2) is 3.84. The van der Waals surface area contributed by atoms with Crippen molar-refractivity contribution in [1.29, 1.82) is 0 Å². The van der Waals surface area contributed by atoms with E-state index in [9.17, 15) is 9.59 Å². The summed E-state index contributed by atoms with van der Waals surface area (Å²) < 4.78 is 1.45. The monoisotopic (exact) mass is 181 g/mol. The van der Waals surface area contributed by atoms with Crippen molar-refractivity contribution < 1.29 is 9.59 Å². The molecule has 0 fully saturated rings. The van der Waals surface area contributed by atoms with Crippen molar-refractivity contribution in [3.05, 3.63) is 18.0 Å². The fourth-order valence-corrected chi connectivity index (χ4v) is 0.892. The summed E-state index contributed by atoms with van der Waals surface area (Å²) >= 11 is 0. The molecule has 0 saturated heterocycles. The van der Waals surface area contributed by atoms with Gasteiger partial charge in [0.2, 0.25) is 0 Å². The van der Waals surface area contributed by atoms with Crippen LogP contribution in [0.4, 0.5) is 0 Å². The van der Waals surface area contributed by atoms with Crippen molar-refractivity contribution >= 4 is 11.7 Å². The first-order chi connectivity index (χ1) is 6.11. The summed E-state index contributed by atoms with van der Waals surface area (Å²) in [5.41, 5.74) is 0.446. The van der Waals surface area contributed by atoms with Gasteiger partial charge in [0.05, 0.1) is 6.54 Å².